The van der Waals surface area contributed by atoms with E-state index in [0.29, 0.717) is 17.0 Å². The van der Waals surface area contributed by atoms with Gasteiger partial charge >= 0.3 is 5.76 Å². The normalized spacial score (nSPS) is 11.4. The van der Waals surface area contributed by atoms with Gasteiger partial charge in [0.15, 0.2) is 11.5 Å². The molecule has 0 saturated heterocycles. The predicted molar refractivity (Wildman–Crippen MR) is 96.5 cm³/mol. The summed E-state index contributed by atoms with van der Waals surface area (Å²) >= 11 is 0. The molecule has 3 N–H and O–H groups in total. The minimum absolute atomic E-state index is 0.259. The van der Waals surface area contributed by atoms with Crippen LogP contribution in [0, 0.1) is 0 Å². The Kier molecular flexibility index (Phi) is 2.93. The molecule has 3 aromatic heterocycles. The minimum Gasteiger partial charge on any atom is -0.383 e. The molecule has 8 nitrogen and oxygen atoms in total. The van der Waals surface area contributed by atoms with Gasteiger partial charge in [0.2, 0.25) is 0 Å². The molecule has 0 aliphatic carbocycles. The van der Waals surface area contributed by atoms with E-state index in [2.05, 4.69) is 24.7 Å². The standard InChI is InChI=1S/C18H12N6O2/c19-15-13(12-7-3-5-10-4-1-2-6-11(10)12)8-20-17-14(9-21-24(15)17)16-22-18(25)26-23-16/h1-9H,19H2,(H,22,23,25). The van der Waals surface area contributed by atoms with Crippen LogP contribution in [0.1, 0.15) is 0 Å². The summed E-state index contributed by atoms with van der Waals surface area (Å²) in [5.74, 6) is 0.0675. The summed E-state index contributed by atoms with van der Waals surface area (Å²) in [6.07, 6.45) is 3.25. The Labute approximate surface area is 145 Å². The number of nitrogens with zero attached hydrogens (tertiary/aromatic N) is 4. The van der Waals surface area contributed by atoms with Gasteiger partial charge in [-0.1, -0.05) is 47.6 Å². The lowest BCUT2D eigenvalue weighted by Gasteiger charge is -2.10. The number of hydrogen-bond acceptors (Lipinski definition) is 6. The largest absolute Gasteiger partial charge is 0.439 e. The van der Waals surface area contributed by atoms with Gasteiger partial charge in [0.25, 0.3) is 0 Å². The first-order chi connectivity index (χ1) is 12.7. The third-order valence-electron chi connectivity index (χ3n) is 4.34. The first-order valence-corrected chi connectivity index (χ1v) is 7.89. The maximum absolute atomic E-state index is 11.2. The molecule has 0 unspecified atom stereocenters. The zero-order valence-electron chi connectivity index (χ0n) is 13.4. The highest BCUT2D eigenvalue weighted by Gasteiger charge is 2.17. The molecular formula is C18H12N6O2. The van der Waals surface area contributed by atoms with Crippen LogP contribution in [0.25, 0.3) is 38.9 Å². The van der Waals surface area contributed by atoms with Gasteiger partial charge < -0.3 is 5.73 Å². The summed E-state index contributed by atoms with van der Waals surface area (Å²) in [5, 5.41) is 10.2. The Bertz CT molecular complexity index is 1330. The van der Waals surface area contributed by atoms with E-state index in [0.717, 1.165) is 21.9 Å². The monoisotopic (exact) mass is 344 g/mol. The van der Waals surface area contributed by atoms with E-state index >= 15 is 0 Å². The molecule has 5 rings (SSSR count). The van der Waals surface area contributed by atoms with Crippen molar-refractivity contribution >= 4 is 22.2 Å². The number of aromatic amines is 1. The molecular weight excluding hydrogens is 332 g/mol. The van der Waals surface area contributed by atoms with Crippen LogP contribution in [0.3, 0.4) is 0 Å². The van der Waals surface area contributed by atoms with Crippen molar-refractivity contribution in [2.24, 2.45) is 0 Å². The second kappa shape index (κ2) is 5.28. The summed E-state index contributed by atoms with van der Waals surface area (Å²) in [5.41, 5.74) is 9.15. The summed E-state index contributed by atoms with van der Waals surface area (Å²) in [6.45, 7) is 0. The Morgan fingerprint density at radius 3 is 2.69 bits per heavy atom. The molecule has 0 aliphatic rings. The number of nitrogens with one attached hydrogen (secondary N) is 1. The SMILES string of the molecule is Nc1c(-c2cccc3ccccc23)cnc2c(-c3noc(=O)[nH]3)cnn12. The molecule has 126 valence electrons. The van der Waals surface area contributed by atoms with Gasteiger partial charge in [0, 0.05) is 11.8 Å². The van der Waals surface area contributed by atoms with E-state index in [1.54, 1.807) is 12.4 Å². The lowest BCUT2D eigenvalue weighted by molar-refractivity contribution is 0.388. The second-order valence-corrected chi connectivity index (χ2v) is 5.82. The summed E-state index contributed by atoms with van der Waals surface area (Å²) in [4.78, 5) is 18.2. The fourth-order valence-corrected chi connectivity index (χ4v) is 3.13. The van der Waals surface area contributed by atoms with Crippen LogP contribution in [0.2, 0.25) is 0 Å². The molecule has 0 amide bonds. The number of anilines is 1. The quantitative estimate of drug-likeness (QED) is 0.508. The van der Waals surface area contributed by atoms with Crippen molar-refractivity contribution in [1.29, 1.82) is 0 Å². The molecule has 0 radical (unpaired) electrons. The molecule has 8 heteroatoms. The van der Waals surface area contributed by atoms with Crippen molar-refractivity contribution in [3.8, 4) is 22.5 Å². The second-order valence-electron chi connectivity index (χ2n) is 5.82. The van der Waals surface area contributed by atoms with E-state index < -0.39 is 5.76 Å². The van der Waals surface area contributed by atoms with E-state index in [1.807, 2.05) is 42.5 Å². The number of hydrogen-bond donors (Lipinski definition) is 2. The summed E-state index contributed by atoms with van der Waals surface area (Å²) < 4.78 is 6.08. The van der Waals surface area contributed by atoms with E-state index in [-0.39, 0.29) is 5.82 Å². The van der Waals surface area contributed by atoms with Crippen LogP contribution in [0.15, 0.2) is 64.2 Å². The Balaban J connectivity index is 1.75. The van der Waals surface area contributed by atoms with Crippen molar-refractivity contribution in [3.05, 3.63) is 65.4 Å². The molecule has 26 heavy (non-hydrogen) atoms. The van der Waals surface area contributed by atoms with Gasteiger partial charge in [-0.15, -0.1) is 0 Å². The lowest BCUT2D eigenvalue weighted by atomic mass is 10.00. The Morgan fingerprint density at radius 1 is 1.00 bits per heavy atom. The van der Waals surface area contributed by atoms with E-state index in [9.17, 15) is 4.79 Å². The van der Waals surface area contributed by atoms with Crippen molar-refractivity contribution in [2.45, 2.75) is 0 Å². The van der Waals surface area contributed by atoms with Crippen molar-refractivity contribution in [2.75, 3.05) is 5.73 Å². The van der Waals surface area contributed by atoms with Gasteiger partial charge in [-0.2, -0.15) is 9.61 Å². The maximum atomic E-state index is 11.2. The number of aromatic nitrogens is 5. The third kappa shape index (κ3) is 2.02. The van der Waals surface area contributed by atoms with Crippen LogP contribution in [0.5, 0.6) is 0 Å². The average Bonchev–Trinajstić information content (AvgIpc) is 3.28. The van der Waals surface area contributed by atoms with Crippen LogP contribution in [-0.2, 0) is 0 Å². The van der Waals surface area contributed by atoms with E-state index in [4.69, 9.17) is 5.73 Å². The fourth-order valence-electron chi connectivity index (χ4n) is 3.13. The van der Waals surface area contributed by atoms with Crippen LogP contribution in [-0.4, -0.2) is 24.7 Å². The summed E-state index contributed by atoms with van der Waals surface area (Å²) in [7, 11) is 0. The molecule has 0 spiro atoms. The van der Waals surface area contributed by atoms with E-state index in [1.165, 1.54) is 4.52 Å². The van der Waals surface area contributed by atoms with Crippen LogP contribution >= 0.6 is 0 Å². The topological polar surface area (TPSA) is 115 Å². The highest BCUT2D eigenvalue weighted by Crippen LogP contribution is 2.33. The number of nitrogens with two attached hydrogens (primary N) is 1. The maximum Gasteiger partial charge on any atom is 0.439 e. The molecule has 5 aromatic rings. The number of benzene rings is 2. The molecule has 0 atom stereocenters. The van der Waals surface area contributed by atoms with Gasteiger partial charge in [-0.25, -0.2) is 9.78 Å². The molecule has 0 fully saturated rings. The first kappa shape index (κ1) is 14.4. The molecule has 0 bridgehead atoms. The number of H-pyrrole nitrogens is 1. The smallest absolute Gasteiger partial charge is 0.383 e. The average molecular weight is 344 g/mol. The minimum atomic E-state index is -0.639. The zero-order chi connectivity index (χ0) is 17.7. The van der Waals surface area contributed by atoms with Crippen LogP contribution < -0.4 is 11.5 Å². The van der Waals surface area contributed by atoms with Gasteiger partial charge in [-0.3, -0.25) is 9.51 Å². The molecule has 2 aromatic carbocycles. The highest BCUT2D eigenvalue weighted by molar-refractivity contribution is 5.99. The first-order valence-electron chi connectivity index (χ1n) is 7.89. The third-order valence-corrected chi connectivity index (χ3v) is 4.34. The molecule has 3 heterocycles. The lowest BCUT2D eigenvalue weighted by Crippen LogP contribution is -2.03. The number of nitrogen functional groups attached to an aromatic ring is 1. The van der Waals surface area contributed by atoms with Gasteiger partial charge in [0.05, 0.1) is 11.8 Å². The van der Waals surface area contributed by atoms with Crippen molar-refractivity contribution < 1.29 is 4.52 Å². The summed E-state index contributed by atoms with van der Waals surface area (Å²) in [6, 6.07) is 14.1. The number of fused-ring (bicyclic) bond motifs is 2. The molecule has 0 saturated carbocycles. The Hall–Kier alpha value is -3.94. The Morgan fingerprint density at radius 2 is 1.85 bits per heavy atom. The number of rotatable bonds is 2. The highest BCUT2D eigenvalue weighted by atomic mass is 16.5. The van der Waals surface area contributed by atoms with Crippen molar-refractivity contribution in [1.82, 2.24) is 24.7 Å². The fraction of sp³-hybridized carbons (Fsp3) is 0. The van der Waals surface area contributed by atoms with Crippen LogP contribution in [0.4, 0.5) is 5.82 Å². The van der Waals surface area contributed by atoms with Gasteiger partial charge in [-0.05, 0) is 16.3 Å². The molecule has 0 aliphatic heterocycles. The zero-order valence-corrected chi connectivity index (χ0v) is 13.4. The predicted octanol–water partition coefficient (Wildman–Crippen LogP) is 2.47. The van der Waals surface area contributed by atoms with Crippen molar-refractivity contribution in [3.63, 3.8) is 0 Å². The van der Waals surface area contributed by atoms with Gasteiger partial charge in [0.1, 0.15) is 5.82 Å².